The predicted molar refractivity (Wildman–Crippen MR) is 171 cm³/mol. The lowest BCUT2D eigenvalue weighted by Gasteiger charge is -2.39. The quantitative estimate of drug-likeness (QED) is 0.219. The van der Waals surface area contributed by atoms with Crippen molar-refractivity contribution in [3.05, 3.63) is 57.8 Å². The molecule has 0 bridgehead atoms. The molecule has 12 nitrogen and oxygen atoms in total. The van der Waals surface area contributed by atoms with Crippen LogP contribution in [0.1, 0.15) is 58.9 Å². The molecule has 2 N–H and O–H groups in total. The third kappa shape index (κ3) is 7.53. The zero-order chi connectivity index (χ0) is 33.5. The van der Waals surface area contributed by atoms with Gasteiger partial charge in [0, 0.05) is 11.8 Å². The monoisotopic (exact) mass is 702 g/mol. The van der Waals surface area contributed by atoms with Crippen molar-refractivity contribution in [1.29, 1.82) is 0 Å². The zero-order valence-corrected chi connectivity index (χ0v) is 27.0. The highest BCUT2D eigenvalue weighted by Gasteiger charge is 2.45. The number of carbonyl (C=O) groups excluding carboxylic acids is 2. The number of amides is 2. The first-order chi connectivity index (χ1) is 23.0. The summed E-state index contributed by atoms with van der Waals surface area (Å²) >= 11 is 2.63. The number of halogens is 4. The molecule has 2 atom stereocenters. The summed E-state index contributed by atoms with van der Waals surface area (Å²) in [6.07, 6.45) is 3.47. The molecule has 48 heavy (non-hydrogen) atoms. The third-order valence-corrected chi connectivity index (χ3v) is 10.4. The topological polar surface area (TPSA) is 142 Å². The molecule has 252 valence electrons. The Morgan fingerprint density at radius 3 is 1.56 bits per heavy atom. The van der Waals surface area contributed by atoms with Crippen LogP contribution in [0.3, 0.4) is 0 Å². The number of alkyl halides is 4. The van der Waals surface area contributed by atoms with Crippen LogP contribution in [-0.4, -0.2) is 80.2 Å². The van der Waals surface area contributed by atoms with E-state index >= 15 is 0 Å². The first-order valence-electron chi connectivity index (χ1n) is 15.4. The fraction of sp³-hybridized carbons (Fsp3) is 0.467. The Bertz CT molecular complexity index is 1680. The van der Waals surface area contributed by atoms with Gasteiger partial charge in [-0.3, -0.25) is 9.59 Å². The average Bonchev–Trinajstić information content (AvgIpc) is 3.69. The number of hydrogen-bond acceptors (Lipinski definition) is 12. The highest BCUT2D eigenvalue weighted by molar-refractivity contribution is 7.15. The van der Waals surface area contributed by atoms with Crippen molar-refractivity contribution in [2.75, 3.05) is 46.6 Å². The van der Waals surface area contributed by atoms with Crippen molar-refractivity contribution in [2.24, 2.45) is 0 Å². The molecule has 18 heteroatoms. The predicted octanol–water partition coefficient (Wildman–Crippen LogP) is 4.89. The molecule has 6 heterocycles. The Labute approximate surface area is 280 Å². The third-order valence-electron chi connectivity index (χ3n) is 8.35. The molecule has 2 saturated heterocycles. The highest BCUT2D eigenvalue weighted by atomic mass is 32.1. The van der Waals surface area contributed by atoms with E-state index in [-0.39, 0.29) is 62.7 Å². The van der Waals surface area contributed by atoms with Gasteiger partial charge in [-0.1, -0.05) is 41.2 Å². The van der Waals surface area contributed by atoms with Crippen molar-refractivity contribution in [3.8, 4) is 0 Å². The van der Waals surface area contributed by atoms with E-state index in [4.69, 9.17) is 0 Å². The van der Waals surface area contributed by atoms with Crippen molar-refractivity contribution in [2.45, 2.75) is 62.2 Å². The molecule has 0 radical (unpaired) electrons. The fourth-order valence-corrected chi connectivity index (χ4v) is 7.84. The number of nitrogens with one attached hydrogen (secondary N) is 2. The second-order valence-corrected chi connectivity index (χ2v) is 14.3. The Hall–Kier alpha value is -4.32. The van der Waals surface area contributed by atoms with Gasteiger partial charge in [-0.15, -0.1) is 20.4 Å². The van der Waals surface area contributed by atoms with Gasteiger partial charge >= 0.3 is 0 Å². The molecule has 7 rings (SSSR count). The Morgan fingerprint density at radius 1 is 0.708 bits per heavy atom. The summed E-state index contributed by atoms with van der Waals surface area (Å²) in [5.74, 6) is -5.01. The van der Waals surface area contributed by atoms with Crippen molar-refractivity contribution in [1.82, 2.24) is 30.4 Å². The van der Waals surface area contributed by atoms with Crippen molar-refractivity contribution in [3.63, 3.8) is 0 Å². The van der Waals surface area contributed by atoms with E-state index < -0.39 is 11.8 Å². The zero-order valence-electron chi connectivity index (χ0n) is 25.4. The van der Waals surface area contributed by atoms with Gasteiger partial charge in [-0.05, 0) is 43.5 Å². The largest absolute Gasteiger partial charge is 0.344 e. The van der Waals surface area contributed by atoms with Crippen LogP contribution >= 0.6 is 22.7 Å². The van der Waals surface area contributed by atoms with Crippen LogP contribution in [0, 0.1) is 0 Å². The van der Waals surface area contributed by atoms with Gasteiger partial charge in [0.15, 0.2) is 0 Å². The summed E-state index contributed by atoms with van der Waals surface area (Å²) < 4.78 is 53.0. The molecule has 3 aliphatic rings. The average molecular weight is 703 g/mol. The molecule has 3 fully saturated rings. The van der Waals surface area contributed by atoms with Gasteiger partial charge in [0.25, 0.3) is 11.8 Å². The van der Waals surface area contributed by atoms with Gasteiger partial charge in [-0.2, -0.15) is 0 Å². The van der Waals surface area contributed by atoms with Gasteiger partial charge < -0.3 is 20.4 Å². The van der Waals surface area contributed by atoms with E-state index in [1.54, 1.807) is 36.4 Å². The number of anilines is 4. The lowest BCUT2D eigenvalue weighted by atomic mass is 9.82. The molecule has 1 aliphatic carbocycles. The van der Waals surface area contributed by atoms with E-state index in [0.717, 1.165) is 35.7 Å². The maximum Gasteiger partial charge on any atom is 0.282 e. The lowest BCUT2D eigenvalue weighted by molar-refractivity contribution is -0.116. The molecule has 0 spiro atoms. The number of hydrogen-bond donors (Lipinski definition) is 2. The number of nitrogens with zero attached hydrogens (tertiary/aromatic N) is 8. The number of aromatic nitrogens is 6. The van der Waals surface area contributed by atoms with Crippen molar-refractivity contribution < 1.29 is 27.2 Å². The van der Waals surface area contributed by atoms with Gasteiger partial charge in [-0.25, -0.2) is 27.5 Å². The second kappa shape index (κ2) is 12.9. The SMILES string of the molecule is O=C(Cc1cccc(N2CC(F)(F)C2)n1)Nc1nnc(C2CCC[C@H](c3nnc(NC(=O)Cc4cccc(N5CC(F)(F)C5)n4)s3)C2)s1. The minimum Gasteiger partial charge on any atom is -0.344 e. The number of rotatable bonds is 10. The summed E-state index contributed by atoms with van der Waals surface area (Å²) in [5.41, 5.74) is 0.936. The van der Waals surface area contributed by atoms with E-state index in [9.17, 15) is 27.2 Å². The highest BCUT2D eigenvalue weighted by Crippen LogP contribution is 2.43. The Kier molecular flexibility index (Phi) is 8.69. The summed E-state index contributed by atoms with van der Waals surface area (Å²) in [6, 6.07) is 10.0. The van der Waals surface area contributed by atoms with Crippen LogP contribution in [0.4, 0.5) is 39.5 Å². The Morgan fingerprint density at radius 2 is 1.15 bits per heavy atom. The first kappa shape index (κ1) is 32.2. The molecule has 0 aromatic carbocycles. The summed E-state index contributed by atoms with van der Waals surface area (Å²) in [7, 11) is 0. The minimum atomic E-state index is -2.71. The van der Waals surface area contributed by atoms with Crippen molar-refractivity contribution >= 4 is 56.4 Å². The molecule has 4 aromatic rings. The van der Waals surface area contributed by atoms with E-state index in [0.29, 0.717) is 33.3 Å². The smallest absolute Gasteiger partial charge is 0.282 e. The molecule has 1 saturated carbocycles. The van der Waals surface area contributed by atoms with Crippen LogP contribution in [-0.2, 0) is 22.4 Å². The van der Waals surface area contributed by atoms with Gasteiger partial charge in [0.1, 0.15) is 21.7 Å². The van der Waals surface area contributed by atoms with Gasteiger partial charge in [0.2, 0.25) is 22.1 Å². The van der Waals surface area contributed by atoms with E-state index in [1.807, 2.05) is 0 Å². The van der Waals surface area contributed by atoms with Crippen LogP contribution in [0.5, 0.6) is 0 Å². The van der Waals surface area contributed by atoms with Gasteiger partial charge in [0.05, 0.1) is 50.4 Å². The molecular formula is C30H30F4N10O2S2. The van der Waals surface area contributed by atoms with Crippen LogP contribution < -0.4 is 20.4 Å². The first-order valence-corrected chi connectivity index (χ1v) is 17.0. The molecule has 2 aliphatic heterocycles. The lowest BCUT2D eigenvalue weighted by Crippen LogP contribution is -2.56. The molecular weight excluding hydrogens is 673 g/mol. The number of pyridine rings is 2. The van der Waals surface area contributed by atoms with Crippen LogP contribution in [0.2, 0.25) is 0 Å². The summed E-state index contributed by atoms with van der Waals surface area (Å²) in [6.45, 7) is -1.54. The maximum atomic E-state index is 13.2. The standard InChI is InChI=1S/C30H30F4N10O2S2/c31-29(32)13-43(14-29)21-8-2-6-19(35-21)11-23(45)37-27-41-39-25(47-27)17-4-1-5-18(10-17)26-40-42-28(48-26)38-24(46)12-20-7-3-9-22(36-20)44-15-30(33,34)16-44/h2-3,6-9,17-18H,1,4-5,10-16H2,(H,37,41,45)(H,38,42,46)/t17-,18?/m0/s1. The minimum absolute atomic E-state index is 0.0304. The summed E-state index contributed by atoms with van der Waals surface area (Å²) in [5, 5.41) is 24.9. The van der Waals surface area contributed by atoms with E-state index in [2.05, 4.69) is 41.0 Å². The molecule has 1 unspecified atom stereocenters. The molecule has 2 amide bonds. The van der Waals surface area contributed by atoms with E-state index in [1.165, 1.54) is 32.5 Å². The Balaban J connectivity index is 0.899. The second-order valence-electron chi connectivity index (χ2n) is 12.3. The summed E-state index contributed by atoms with van der Waals surface area (Å²) in [4.78, 5) is 37.1. The fourth-order valence-electron chi connectivity index (χ4n) is 6.03. The maximum absolute atomic E-state index is 13.2. The van der Waals surface area contributed by atoms with Crippen LogP contribution in [0.15, 0.2) is 36.4 Å². The number of carbonyl (C=O) groups is 2. The molecule has 4 aromatic heterocycles. The normalized spacial score (nSPS) is 21.2. The van der Waals surface area contributed by atoms with Crippen LogP contribution in [0.25, 0.3) is 0 Å².